The zero-order valence-electron chi connectivity index (χ0n) is 9.24. The molecular formula is C13H9FN2O2. The summed E-state index contributed by atoms with van der Waals surface area (Å²) in [6, 6.07) is 8.94. The van der Waals surface area contributed by atoms with Crippen molar-refractivity contribution in [3.63, 3.8) is 0 Å². The molecule has 0 bridgehead atoms. The second-order valence-corrected chi connectivity index (χ2v) is 3.84. The zero-order valence-corrected chi connectivity index (χ0v) is 9.24. The number of hydrogen-bond donors (Lipinski definition) is 2. The summed E-state index contributed by atoms with van der Waals surface area (Å²) in [7, 11) is 0. The Morgan fingerprint density at radius 1 is 1.22 bits per heavy atom. The SMILES string of the molecule is O=C(Nc1ccc(F)cc1)c1cc2occc2[nH]1. The summed E-state index contributed by atoms with van der Waals surface area (Å²) in [6.45, 7) is 0. The van der Waals surface area contributed by atoms with Crippen LogP contribution in [0.15, 0.2) is 47.1 Å². The minimum absolute atomic E-state index is 0.298. The van der Waals surface area contributed by atoms with E-state index in [0.29, 0.717) is 17.0 Å². The summed E-state index contributed by atoms with van der Waals surface area (Å²) in [6.07, 6.45) is 1.54. The van der Waals surface area contributed by atoms with Crippen LogP contribution in [0.5, 0.6) is 0 Å². The van der Waals surface area contributed by atoms with Crippen molar-refractivity contribution in [2.24, 2.45) is 0 Å². The molecule has 18 heavy (non-hydrogen) atoms. The first-order chi connectivity index (χ1) is 8.72. The van der Waals surface area contributed by atoms with Gasteiger partial charge in [-0.05, 0) is 24.3 Å². The second kappa shape index (κ2) is 4.03. The van der Waals surface area contributed by atoms with Crippen molar-refractivity contribution in [1.82, 2.24) is 4.98 Å². The normalized spacial score (nSPS) is 10.7. The van der Waals surface area contributed by atoms with Gasteiger partial charge in [-0.25, -0.2) is 4.39 Å². The average molecular weight is 244 g/mol. The third kappa shape index (κ3) is 1.86. The molecule has 1 amide bonds. The third-order valence-corrected chi connectivity index (χ3v) is 2.59. The first kappa shape index (κ1) is 10.6. The van der Waals surface area contributed by atoms with Crippen LogP contribution in [0.25, 0.3) is 11.1 Å². The minimum Gasteiger partial charge on any atom is -0.463 e. The molecule has 0 saturated carbocycles. The van der Waals surface area contributed by atoms with Gasteiger partial charge in [0.2, 0.25) is 0 Å². The Hall–Kier alpha value is -2.56. The Balaban J connectivity index is 1.82. The van der Waals surface area contributed by atoms with Gasteiger partial charge in [0.25, 0.3) is 5.91 Å². The van der Waals surface area contributed by atoms with Crippen LogP contribution in [0.2, 0.25) is 0 Å². The molecule has 0 aliphatic carbocycles. The van der Waals surface area contributed by atoms with E-state index in [1.807, 2.05) is 0 Å². The lowest BCUT2D eigenvalue weighted by molar-refractivity contribution is 0.102. The molecule has 4 nitrogen and oxygen atoms in total. The number of carbonyl (C=O) groups is 1. The maximum Gasteiger partial charge on any atom is 0.272 e. The highest BCUT2D eigenvalue weighted by Gasteiger charge is 2.11. The van der Waals surface area contributed by atoms with Gasteiger partial charge in [-0.15, -0.1) is 0 Å². The number of benzene rings is 1. The molecule has 3 aromatic rings. The molecule has 2 aromatic heterocycles. The number of halogens is 1. The van der Waals surface area contributed by atoms with E-state index in [0.717, 1.165) is 5.52 Å². The number of aromatic amines is 1. The number of hydrogen-bond acceptors (Lipinski definition) is 2. The summed E-state index contributed by atoms with van der Waals surface area (Å²) in [5.74, 6) is -0.640. The van der Waals surface area contributed by atoms with Crippen molar-refractivity contribution < 1.29 is 13.6 Å². The summed E-state index contributed by atoms with van der Waals surface area (Å²) in [5, 5.41) is 2.66. The number of carbonyl (C=O) groups excluding carboxylic acids is 1. The molecule has 0 radical (unpaired) electrons. The van der Waals surface area contributed by atoms with Crippen molar-refractivity contribution in [2.75, 3.05) is 5.32 Å². The number of H-pyrrole nitrogens is 1. The van der Waals surface area contributed by atoms with Gasteiger partial charge in [-0.2, -0.15) is 0 Å². The molecule has 0 aliphatic rings. The molecule has 0 unspecified atom stereocenters. The number of aromatic nitrogens is 1. The van der Waals surface area contributed by atoms with Gasteiger partial charge in [-0.1, -0.05) is 0 Å². The lowest BCUT2D eigenvalue weighted by Gasteiger charge is -2.02. The van der Waals surface area contributed by atoms with Crippen LogP contribution >= 0.6 is 0 Å². The highest BCUT2D eigenvalue weighted by molar-refractivity contribution is 6.05. The molecule has 0 fully saturated rings. The fourth-order valence-electron chi connectivity index (χ4n) is 1.70. The van der Waals surface area contributed by atoms with Crippen LogP contribution in [0.1, 0.15) is 10.5 Å². The fourth-order valence-corrected chi connectivity index (χ4v) is 1.70. The zero-order chi connectivity index (χ0) is 12.5. The van der Waals surface area contributed by atoms with Gasteiger partial charge in [0.1, 0.15) is 11.5 Å². The second-order valence-electron chi connectivity index (χ2n) is 3.84. The summed E-state index contributed by atoms with van der Waals surface area (Å²) in [5.41, 5.74) is 2.32. The van der Waals surface area contributed by atoms with E-state index in [9.17, 15) is 9.18 Å². The van der Waals surface area contributed by atoms with Gasteiger partial charge < -0.3 is 14.7 Å². The molecule has 0 aliphatic heterocycles. The Labute approximate surface area is 101 Å². The number of amides is 1. The molecule has 0 saturated heterocycles. The predicted molar refractivity (Wildman–Crippen MR) is 64.9 cm³/mol. The summed E-state index contributed by atoms with van der Waals surface area (Å²) >= 11 is 0. The molecule has 0 spiro atoms. The number of furan rings is 1. The molecule has 2 N–H and O–H groups in total. The maximum absolute atomic E-state index is 12.7. The van der Waals surface area contributed by atoms with Crippen molar-refractivity contribution in [3.8, 4) is 0 Å². The minimum atomic E-state index is -0.342. The molecule has 1 aromatic carbocycles. The van der Waals surface area contributed by atoms with E-state index >= 15 is 0 Å². The molecule has 3 rings (SSSR count). The van der Waals surface area contributed by atoms with E-state index in [1.165, 1.54) is 24.3 Å². The Bertz CT molecular complexity index is 669. The Morgan fingerprint density at radius 3 is 2.72 bits per heavy atom. The summed E-state index contributed by atoms with van der Waals surface area (Å²) < 4.78 is 17.9. The number of fused-ring (bicyclic) bond motifs is 1. The maximum atomic E-state index is 12.7. The van der Waals surface area contributed by atoms with E-state index in [-0.39, 0.29) is 11.7 Å². The number of anilines is 1. The van der Waals surface area contributed by atoms with Crippen molar-refractivity contribution in [3.05, 3.63) is 54.2 Å². The standard InChI is InChI=1S/C13H9FN2O2/c14-8-1-3-9(4-2-8)15-13(17)11-7-12-10(16-11)5-6-18-12/h1-7,16H,(H,15,17). The van der Waals surface area contributed by atoms with Crippen LogP contribution in [0.4, 0.5) is 10.1 Å². The number of rotatable bonds is 2. The van der Waals surface area contributed by atoms with Gasteiger partial charge in [-0.3, -0.25) is 4.79 Å². The lowest BCUT2D eigenvalue weighted by Crippen LogP contribution is -2.12. The van der Waals surface area contributed by atoms with Crippen molar-refractivity contribution >= 4 is 22.7 Å². The predicted octanol–water partition coefficient (Wildman–Crippen LogP) is 3.15. The van der Waals surface area contributed by atoms with Crippen LogP contribution in [-0.2, 0) is 0 Å². The lowest BCUT2D eigenvalue weighted by atomic mass is 10.3. The van der Waals surface area contributed by atoms with Gasteiger partial charge >= 0.3 is 0 Å². The van der Waals surface area contributed by atoms with E-state index < -0.39 is 0 Å². The van der Waals surface area contributed by atoms with Crippen molar-refractivity contribution in [2.45, 2.75) is 0 Å². The first-order valence-corrected chi connectivity index (χ1v) is 5.35. The quantitative estimate of drug-likeness (QED) is 0.727. The van der Waals surface area contributed by atoms with Crippen LogP contribution in [0.3, 0.4) is 0 Å². The molecular weight excluding hydrogens is 235 g/mol. The van der Waals surface area contributed by atoms with Gasteiger partial charge in [0, 0.05) is 17.8 Å². The monoisotopic (exact) mass is 244 g/mol. The third-order valence-electron chi connectivity index (χ3n) is 2.59. The average Bonchev–Trinajstić information content (AvgIpc) is 2.92. The summed E-state index contributed by atoms with van der Waals surface area (Å²) in [4.78, 5) is 14.8. The van der Waals surface area contributed by atoms with E-state index in [1.54, 1.807) is 18.4 Å². The van der Waals surface area contributed by atoms with Crippen molar-refractivity contribution in [1.29, 1.82) is 0 Å². The van der Waals surface area contributed by atoms with Gasteiger partial charge in [0.05, 0.1) is 11.8 Å². The van der Waals surface area contributed by atoms with Crippen LogP contribution in [0, 0.1) is 5.82 Å². The molecule has 5 heteroatoms. The van der Waals surface area contributed by atoms with E-state index in [2.05, 4.69) is 10.3 Å². The van der Waals surface area contributed by atoms with Crippen LogP contribution < -0.4 is 5.32 Å². The molecule has 90 valence electrons. The smallest absolute Gasteiger partial charge is 0.272 e. The highest BCUT2D eigenvalue weighted by Crippen LogP contribution is 2.17. The Morgan fingerprint density at radius 2 is 2.00 bits per heavy atom. The molecule has 2 heterocycles. The highest BCUT2D eigenvalue weighted by atomic mass is 19.1. The van der Waals surface area contributed by atoms with E-state index in [4.69, 9.17) is 4.42 Å². The first-order valence-electron chi connectivity index (χ1n) is 5.35. The molecule has 0 atom stereocenters. The topological polar surface area (TPSA) is 58.0 Å². The number of nitrogens with one attached hydrogen (secondary N) is 2. The van der Waals surface area contributed by atoms with Crippen LogP contribution in [-0.4, -0.2) is 10.9 Å². The Kier molecular flexibility index (Phi) is 2.37. The fraction of sp³-hybridized carbons (Fsp3) is 0. The van der Waals surface area contributed by atoms with Gasteiger partial charge in [0.15, 0.2) is 5.58 Å². The largest absolute Gasteiger partial charge is 0.463 e.